The van der Waals surface area contributed by atoms with Crippen LogP contribution in [0.1, 0.15) is 24.0 Å². The Hall–Kier alpha value is -3.06. The van der Waals surface area contributed by atoms with Gasteiger partial charge in [-0.1, -0.05) is 30.3 Å². The van der Waals surface area contributed by atoms with Crippen molar-refractivity contribution in [1.29, 1.82) is 0 Å². The van der Waals surface area contributed by atoms with Crippen LogP contribution >= 0.6 is 0 Å². The smallest absolute Gasteiger partial charge is 0.336 e. The van der Waals surface area contributed by atoms with E-state index in [1.54, 1.807) is 43.3 Å². The number of methoxy groups -OCH3 is 1. The summed E-state index contributed by atoms with van der Waals surface area (Å²) in [6, 6.07) is 12.9. The number of benzene rings is 2. The van der Waals surface area contributed by atoms with E-state index in [1.165, 1.54) is 19.2 Å². The van der Waals surface area contributed by atoms with E-state index in [9.17, 15) is 18.3 Å². The normalized spacial score (nSPS) is 20.0. The first-order valence-electron chi connectivity index (χ1n) is 8.30. The maximum Gasteiger partial charge on any atom is 0.336 e. The molecule has 0 radical (unpaired) electrons. The lowest BCUT2D eigenvalue weighted by Gasteiger charge is -2.28. The maximum atomic E-state index is 13.3. The number of phenols is 1. The zero-order valence-corrected chi connectivity index (χ0v) is 15.5. The molecule has 2 aromatic carbocycles. The van der Waals surface area contributed by atoms with E-state index in [-0.39, 0.29) is 21.1 Å². The van der Waals surface area contributed by atoms with E-state index in [0.717, 1.165) is 0 Å². The Balaban J connectivity index is 2.02. The molecule has 2 aromatic rings. The number of esters is 1. The second kappa shape index (κ2) is 5.99. The number of allylic oxidation sites excluding steroid dienone is 2. The molecule has 27 heavy (non-hydrogen) atoms. The minimum Gasteiger partial charge on any atom is -0.508 e. The van der Waals surface area contributed by atoms with Gasteiger partial charge in [-0.2, -0.15) is 0 Å². The lowest BCUT2D eigenvalue weighted by molar-refractivity contribution is -0.136. The molecular weight excluding hydrogens is 366 g/mol. The Bertz CT molecular complexity index is 1130. The number of sulfone groups is 1. The number of fused-ring (bicyclic) bond motifs is 2. The van der Waals surface area contributed by atoms with Gasteiger partial charge in [0, 0.05) is 11.3 Å². The largest absolute Gasteiger partial charge is 0.508 e. The number of nitrogens with one attached hydrogen (secondary N) is 1. The highest BCUT2D eigenvalue weighted by atomic mass is 32.2. The second-order valence-electron chi connectivity index (χ2n) is 6.42. The summed E-state index contributed by atoms with van der Waals surface area (Å²) in [6.45, 7) is 1.72. The first-order valence-corrected chi connectivity index (χ1v) is 9.78. The summed E-state index contributed by atoms with van der Waals surface area (Å²) in [4.78, 5) is 12.9. The summed E-state index contributed by atoms with van der Waals surface area (Å²) in [5.41, 5.74) is 2.41. The van der Waals surface area contributed by atoms with Gasteiger partial charge in [0.2, 0.25) is 9.84 Å². The van der Waals surface area contributed by atoms with Gasteiger partial charge in [0.25, 0.3) is 0 Å². The molecule has 0 amide bonds. The first-order chi connectivity index (χ1) is 12.9. The monoisotopic (exact) mass is 383 g/mol. The minimum atomic E-state index is -3.80. The lowest BCUT2D eigenvalue weighted by atomic mass is 9.85. The summed E-state index contributed by atoms with van der Waals surface area (Å²) in [5.74, 6) is -1.37. The van der Waals surface area contributed by atoms with E-state index >= 15 is 0 Å². The average Bonchev–Trinajstić information content (AvgIpc) is 2.88. The quantitative estimate of drug-likeness (QED) is 0.775. The van der Waals surface area contributed by atoms with E-state index < -0.39 is 21.7 Å². The fraction of sp³-hybridized carbons (Fsp3) is 0.150. The molecule has 0 unspecified atom stereocenters. The van der Waals surface area contributed by atoms with Crippen LogP contribution < -0.4 is 5.32 Å². The van der Waals surface area contributed by atoms with Gasteiger partial charge in [-0.25, -0.2) is 13.2 Å². The molecule has 0 bridgehead atoms. The summed E-state index contributed by atoms with van der Waals surface area (Å²) in [6.07, 6.45) is 0. The second-order valence-corrected chi connectivity index (χ2v) is 8.31. The Kier molecular flexibility index (Phi) is 3.85. The van der Waals surface area contributed by atoms with E-state index in [0.29, 0.717) is 22.5 Å². The molecule has 138 valence electrons. The summed E-state index contributed by atoms with van der Waals surface area (Å²) >= 11 is 0. The molecule has 2 aliphatic rings. The number of ether oxygens (including phenoxy) is 1. The first kappa shape index (κ1) is 17.4. The molecule has 6 nitrogen and oxygen atoms in total. The summed E-state index contributed by atoms with van der Waals surface area (Å²) < 4.78 is 31.5. The van der Waals surface area contributed by atoms with Crippen molar-refractivity contribution in [2.24, 2.45) is 0 Å². The van der Waals surface area contributed by atoms with Crippen molar-refractivity contribution < 1.29 is 23.1 Å². The Morgan fingerprint density at radius 2 is 1.78 bits per heavy atom. The third-order valence-electron chi connectivity index (χ3n) is 4.88. The van der Waals surface area contributed by atoms with Crippen LogP contribution in [-0.4, -0.2) is 26.6 Å². The van der Waals surface area contributed by atoms with E-state index in [2.05, 4.69) is 5.32 Å². The van der Waals surface area contributed by atoms with Crippen LogP contribution in [0, 0.1) is 0 Å². The van der Waals surface area contributed by atoms with Crippen LogP contribution in [0.25, 0.3) is 5.70 Å². The molecule has 4 rings (SSSR count). The van der Waals surface area contributed by atoms with Crippen LogP contribution in [0.4, 0.5) is 0 Å². The topological polar surface area (TPSA) is 92.7 Å². The average molecular weight is 383 g/mol. The molecule has 0 saturated carbocycles. The van der Waals surface area contributed by atoms with Crippen molar-refractivity contribution >= 4 is 21.5 Å². The van der Waals surface area contributed by atoms with E-state index in [1.807, 2.05) is 0 Å². The molecule has 1 atom stereocenters. The van der Waals surface area contributed by atoms with Gasteiger partial charge in [-0.15, -0.1) is 0 Å². The Morgan fingerprint density at radius 1 is 1.11 bits per heavy atom. The van der Waals surface area contributed by atoms with Crippen LogP contribution in [0.2, 0.25) is 0 Å². The summed E-state index contributed by atoms with van der Waals surface area (Å²) in [7, 11) is -2.54. The number of dihydropyridines is 1. The molecule has 7 heteroatoms. The highest BCUT2D eigenvalue weighted by molar-refractivity contribution is 7.96. The third kappa shape index (κ3) is 2.46. The van der Waals surface area contributed by atoms with Crippen molar-refractivity contribution in [3.05, 3.63) is 75.8 Å². The number of carbonyl (C=O) groups is 1. The van der Waals surface area contributed by atoms with Gasteiger partial charge in [-0.3, -0.25) is 0 Å². The number of hydrogen-bond donors (Lipinski definition) is 2. The molecular formula is C20H17NO5S. The maximum absolute atomic E-state index is 13.3. The van der Waals surface area contributed by atoms with Crippen molar-refractivity contribution in [1.82, 2.24) is 5.32 Å². The van der Waals surface area contributed by atoms with Crippen LogP contribution in [0.3, 0.4) is 0 Å². The van der Waals surface area contributed by atoms with Gasteiger partial charge >= 0.3 is 5.97 Å². The zero-order valence-electron chi connectivity index (χ0n) is 14.7. The van der Waals surface area contributed by atoms with Gasteiger partial charge < -0.3 is 15.2 Å². The molecule has 2 N–H and O–H groups in total. The number of aromatic hydroxyl groups is 1. The standard InChI is InChI=1S/C20H17NO5S/c1-11-16(20(23)26-2)17(12-7-9-13(22)10-8-12)19-18(21-11)14-5-3-4-6-15(14)27(19,24)25/h3-10,17,21-22H,1-2H3/t17-/m0/s1. The van der Waals surface area contributed by atoms with Gasteiger partial charge in [0.1, 0.15) is 5.75 Å². The number of hydrogen-bond acceptors (Lipinski definition) is 6. The van der Waals surface area contributed by atoms with Crippen molar-refractivity contribution in [2.45, 2.75) is 17.7 Å². The van der Waals surface area contributed by atoms with Crippen molar-refractivity contribution in [3.8, 4) is 5.75 Å². The molecule has 0 fully saturated rings. The minimum absolute atomic E-state index is 0.0553. The Morgan fingerprint density at radius 3 is 2.44 bits per heavy atom. The fourth-order valence-corrected chi connectivity index (χ4v) is 5.64. The SMILES string of the molecule is COC(=O)C1=C(C)NC2=C([C@H]1c1ccc(O)cc1)S(=O)(=O)c1ccccc12. The highest BCUT2D eigenvalue weighted by Crippen LogP contribution is 2.50. The van der Waals surface area contributed by atoms with E-state index in [4.69, 9.17) is 4.74 Å². The lowest BCUT2D eigenvalue weighted by Crippen LogP contribution is -2.29. The molecule has 2 aliphatic heterocycles. The van der Waals surface area contributed by atoms with Crippen molar-refractivity contribution in [2.75, 3.05) is 7.11 Å². The predicted octanol–water partition coefficient (Wildman–Crippen LogP) is 2.68. The van der Waals surface area contributed by atoms with Gasteiger partial charge in [0.05, 0.1) is 34.1 Å². The molecule has 2 heterocycles. The number of rotatable bonds is 2. The van der Waals surface area contributed by atoms with Gasteiger partial charge in [0.15, 0.2) is 0 Å². The number of phenolic OH excluding ortho intramolecular Hbond substituents is 1. The zero-order chi connectivity index (χ0) is 19.3. The molecule has 0 spiro atoms. The fourth-order valence-electron chi connectivity index (χ4n) is 3.69. The highest BCUT2D eigenvalue weighted by Gasteiger charge is 2.46. The molecule has 0 aliphatic carbocycles. The number of carbonyl (C=O) groups excluding carboxylic acids is 1. The Labute approximate surface area is 156 Å². The molecule has 0 aromatic heterocycles. The van der Waals surface area contributed by atoms with Crippen molar-refractivity contribution in [3.63, 3.8) is 0 Å². The van der Waals surface area contributed by atoms with Crippen LogP contribution in [0.15, 0.2) is 69.6 Å². The molecule has 0 saturated heterocycles. The third-order valence-corrected chi connectivity index (χ3v) is 6.83. The van der Waals surface area contributed by atoms with Crippen LogP contribution in [-0.2, 0) is 19.4 Å². The van der Waals surface area contributed by atoms with Crippen LogP contribution in [0.5, 0.6) is 5.75 Å². The van der Waals surface area contributed by atoms with Gasteiger partial charge in [-0.05, 0) is 30.7 Å². The summed E-state index contributed by atoms with van der Waals surface area (Å²) in [5, 5.41) is 12.7. The predicted molar refractivity (Wildman–Crippen MR) is 99.2 cm³/mol.